The number of nitrogens with zero attached hydrogens (tertiary/aromatic N) is 3. The minimum absolute atomic E-state index is 0.102. The molecule has 37 heavy (non-hydrogen) atoms. The van der Waals surface area contributed by atoms with Gasteiger partial charge in [0.2, 0.25) is 5.95 Å². The van der Waals surface area contributed by atoms with Gasteiger partial charge in [-0.3, -0.25) is 0 Å². The van der Waals surface area contributed by atoms with Crippen LogP contribution in [0.4, 0.5) is 5.95 Å². The summed E-state index contributed by atoms with van der Waals surface area (Å²) in [6, 6.07) is 13.6. The van der Waals surface area contributed by atoms with Gasteiger partial charge in [-0.2, -0.15) is 10.1 Å². The van der Waals surface area contributed by atoms with Gasteiger partial charge in [0, 0.05) is 5.70 Å². The Morgan fingerprint density at radius 2 is 1.86 bits per heavy atom. The summed E-state index contributed by atoms with van der Waals surface area (Å²) in [5.41, 5.74) is 4.44. The fourth-order valence-electron chi connectivity index (χ4n) is 4.29. The predicted molar refractivity (Wildman–Crippen MR) is 143 cm³/mol. The molecule has 0 spiro atoms. The van der Waals surface area contributed by atoms with Crippen molar-refractivity contribution in [3.63, 3.8) is 0 Å². The summed E-state index contributed by atoms with van der Waals surface area (Å²) >= 11 is 0. The van der Waals surface area contributed by atoms with Crippen LogP contribution in [0.1, 0.15) is 70.2 Å². The van der Waals surface area contributed by atoms with Crippen molar-refractivity contribution in [3.05, 3.63) is 76.8 Å². The predicted octanol–water partition coefficient (Wildman–Crippen LogP) is 5.80. The molecule has 0 bridgehead atoms. The lowest BCUT2D eigenvalue weighted by atomic mass is 9.87. The SMILES string of the molecule is CCCCOC(=O)C1=C(C)Nc2ncnn2C1c1ccc(OCc2ccc(C(C)(C)C)cc2)c(OC)c1. The highest BCUT2D eigenvalue weighted by molar-refractivity contribution is 5.92. The lowest BCUT2D eigenvalue weighted by molar-refractivity contribution is -0.139. The molecule has 3 aromatic rings. The molecule has 0 saturated heterocycles. The van der Waals surface area contributed by atoms with Gasteiger partial charge in [0.25, 0.3) is 0 Å². The minimum atomic E-state index is -0.513. The molecule has 0 saturated carbocycles. The van der Waals surface area contributed by atoms with Crippen molar-refractivity contribution >= 4 is 11.9 Å². The zero-order valence-electron chi connectivity index (χ0n) is 22.5. The van der Waals surface area contributed by atoms with E-state index in [-0.39, 0.29) is 11.4 Å². The van der Waals surface area contributed by atoms with Crippen LogP contribution in [0.2, 0.25) is 0 Å². The quantitative estimate of drug-likeness (QED) is 0.291. The van der Waals surface area contributed by atoms with Gasteiger partial charge >= 0.3 is 5.97 Å². The summed E-state index contributed by atoms with van der Waals surface area (Å²) in [6.45, 7) is 11.3. The lowest BCUT2D eigenvalue weighted by Crippen LogP contribution is -2.29. The third kappa shape index (κ3) is 5.79. The summed E-state index contributed by atoms with van der Waals surface area (Å²) in [4.78, 5) is 17.4. The van der Waals surface area contributed by atoms with E-state index >= 15 is 0 Å². The number of carbonyl (C=O) groups excluding carboxylic acids is 1. The van der Waals surface area contributed by atoms with Gasteiger partial charge in [0.15, 0.2) is 11.5 Å². The van der Waals surface area contributed by atoms with Gasteiger partial charge in [0.05, 0.1) is 19.3 Å². The van der Waals surface area contributed by atoms with Gasteiger partial charge in [0.1, 0.15) is 19.0 Å². The number of fused-ring (bicyclic) bond motifs is 1. The third-order valence-electron chi connectivity index (χ3n) is 6.46. The van der Waals surface area contributed by atoms with Gasteiger partial charge in [-0.25, -0.2) is 9.48 Å². The highest BCUT2D eigenvalue weighted by atomic mass is 16.5. The van der Waals surface area contributed by atoms with Crippen LogP contribution in [0.15, 0.2) is 60.1 Å². The molecule has 1 aliphatic heterocycles. The number of esters is 1. The van der Waals surface area contributed by atoms with E-state index in [1.807, 2.05) is 25.1 Å². The molecular weight excluding hydrogens is 468 g/mol. The van der Waals surface area contributed by atoms with Crippen molar-refractivity contribution in [2.75, 3.05) is 19.0 Å². The summed E-state index contributed by atoms with van der Waals surface area (Å²) < 4.78 is 19.1. The van der Waals surface area contributed by atoms with Gasteiger partial charge < -0.3 is 19.5 Å². The first-order valence-corrected chi connectivity index (χ1v) is 12.7. The monoisotopic (exact) mass is 504 g/mol. The van der Waals surface area contributed by atoms with Crippen LogP contribution >= 0.6 is 0 Å². The maximum Gasteiger partial charge on any atom is 0.338 e. The van der Waals surface area contributed by atoms with E-state index in [1.54, 1.807) is 11.8 Å². The van der Waals surface area contributed by atoms with E-state index in [4.69, 9.17) is 14.2 Å². The van der Waals surface area contributed by atoms with E-state index in [0.29, 0.717) is 41.9 Å². The van der Waals surface area contributed by atoms with Gasteiger partial charge in [-0.15, -0.1) is 0 Å². The molecule has 0 aliphatic carbocycles. The van der Waals surface area contributed by atoms with Crippen molar-refractivity contribution in [3.8, 4) is 11.5 Å². The van der Waals surface area contributed by atoms with Crippen LogP contribution in [0, 0.1) is 0 Å². The first-order chi connectivity index (χ1) is 17.7. The average Bonchev–Trinajstić information content (AvgIpc) is 3.34. The van der Waals surface area contributed by atoms with Gasteiger partial charge in [-0.1, -0.05) is 64.4 Å². The average molecular weight is 505 g/mol. The van der Waals surface area contributed by atoms with Crippen LogP contribution in [0.5, 0.6) is 11.5 Å². The molecule has 196 valence electrons. The fraction of sp³-hybridized carbons (Fsp3) is 0.414. The summed E-state index contributed by atoms with van der Waals surface area (Å²) in [5.74, 6) is 1.38. The number of methoxy groups -OCH3 is 1. The summed E-state index contributed by atoms with van der Waals surface area (Å²) in [5, 5.41) is 7.55. The van der Waals surface area contributed by atoms with Gasteiger partial charge in [-0.05, 0) is 47.6 Å². The first kappa shape index (κ1) is 26.3. The Morgan fingerprint density at radius 1 is 1.11 bits per heavy atom. The number of ether oxygens (including phenoxy) is 3. The summed E-state index contributed by atoms with van der Waals surface area (Å²) in [6.07, 6.45) is 3.22. The largest absolute Gasteiger partial charge is 0.493 e. The molecule has 2 aromatic carbocycles. The Labute approximate surface area is 218 Å². The maximum atomic E-state index is 13.1. The molecule has 1 aromatic heterocycles. The standard InChI is InChI=1S/C29H36N4O4/c1-7-8-15-36-27(34)25-19(2)32-28-30-18-31-33(28)26(25)21-11-14-23(24(16-21)35-6)37-17-20-9-12-22(13-10-20)29(3,4)5/h9-14,16,18,26H,7-8,15,17H2,1-6H3,(H,30,31,32). The van der Waals surface area contributed by atoms with Crippen LogP contribution in [0.25, 0.3) is 0 Å². The highest BCUT2D eigenvalue weighted by Crippen LogP contribution is 2.39. The third-order valence-corrected chi connectivity index (χ3v) is 6.46. The molecular formula is C29H36N4O4. The molecule has 0 amide bonds. The zero-order valence-corrected chi connectivity index (χ0v) is 22.5. The van der Waals surface area contributed by atoms with Crippen LogP contribution in [0.3, 0.4) is 0 Å². The van der Waals surface area contributed by atoms with Crippen molar-refractivity contribution in [1.82, 2.24) is 14.8 Å². The van der Waals surface area contributed by atoms with Crippen molar-refractivity contribution in [2.24, 2.45) is 0 Å². The second-order valence-electron chi connectivity index (χ2n) is 10.2. The van der Waals surface area contributed by atoms with E-state index in [1.165, 1.54) is 11.9 Å². The Bertz CT molecular complexity index is 1270. The zero-order chi connectivity index (χ0) is 26.6. The van der Waals surface area contributed by atoms with E-state index in [9.17, 15) is 4.79 Å². The van der Waals surface area contributed by atoms with E-state index in [0.717, 1.165) is 24.0 Å². The van der Waals surface area contributed by atoms with Crippen molar-refractivity contribution < 1.29 is 19.0 Å². The molecule has 1 unspecified atom stereocenters. The second kappa shape index (κ2) is 11.1. The Morgan fingerprint density at radius 3 is 2.54 bits per heavy atom. The number of anilines is 1. The fourth-order valence-corrected chi connectivity index (χ4v) is 4.29. The van der Waals surface area contributed by atoms with Crippen molar-refractivity contribution in [1.29, 1.82) is 0 Å². The molecule has 0 fully saturated rings. The number of benzene rings is 2. The van der Waals surface area contributed by atoms with Crippen LogP contribution < -0.4 is 14.8 Å². The van der Waals surface area contributed by atoms with Crippen molar-refractivity contribution in [2.45, 2.75) is 65.5 Å². The topological polar surface area (TPSA) is 87.5 Å². The van der Waals surface area contributed by atoms with Crippen LogP contribution in [-0.4, -0.2) is 34.5 Å². The highest BCUT2D eigenvalue weighted by Gasteiger charge is 2.34. The smallest absolute Gasteiger partial charge is 0.338 e. The van der Waals surface area contributed by atoms with E-state index in [2.05, 4.69) is 67.4 Å². The Hall–Kier alpha value is -3.81. The second-order valence-corrected chi connectivity index (χ2v) is 10.2. The number of hydrogen-bond donors (Lipinski definition) is 1. The molecule has 4 rings (SSSR count). The number of allylic oxidation sites excluding steroid dienone is 1. The number of unbranched alkanes of at least 4 members (excludes halogenated alkanes) is 1. The molecule has 1 N–H and O–H groups in total. The molecule has 8 heteroatoms. The minimum Gasteiger partial charge on any atom is -0.493 e. The summed E-state index contributed by atoms with van der Waals surface area (Å²) in [7, 11) is 1.61. The molecule has 8 nitrogen and oxygen atoms in total. The number of carbonyl (C=O) groups is 1. The first-order valence-electron chi connectivity index (χ1n) is 12.7. The number of aromatic nitrogens is 3. The molecule has 1 atom stereocenters. The maximum absolute atomic E-state index is 13.1. The van der Waals surface area contributed by atoms with E-state index < -0.39 is 6.04 Å². The lowest BCUT2D eigenvalue weighted by Gasteiger charge is -2.28. The Balaban J connectivity index is 1.59. The number of rotatable bonds is 9. The normalized spacial score (nSPS) is 15.1. The molecule has 2 heterocycles. The molecule has 1 aliphatic rings. The number of nitrogens with one attached hydrogen (secondary N) is 1. The Kier molecular flexibility index (Phi) is 7.86. The number of hydrogen-bond acceptors (Lipinski definition) is 7. The molecule has 0 radical (unpaired) electrons. The van der Waals surface area contributed by atoms with Crippen LogP contribution in [-0.2, 0) is 21.6 Å².